The molecule has 2 N–H and O–H groups in total. The monoisotopic (exact) mass is 364 g/mol. The van der Waals surface area contributed by atoms with Crippen molar-refractivity contribution >= 4 is 23.5 Å². The third-order valence-electron chi connectivity index (χ3n) is 4.17. The van der Waals surface area contributed by atoms with E-state index in [1.807, 2.05) is 4.90 Å². The standard InChI is InChI=1S/C17H18ClFN4O2/c1-10-8-15(24)22-17(20-10)23-6-4-12(5-7-23)21-16(25)11-2-3-14(19)13(18)9-11/h2-3,8-9,12H,4-7H2,1H3,(H,21,25)(H,20,22,24). The highest BCUT2D eigenvalue weighted by Crippen LogP contribution is 2.18. The Hall–Kier alpha value is -2.41. The highest BCUT2D eigenvalue weighted by atomic mass is 35.5. The number of anilines is 1. The van der Waals surface area contributed by atoms with Crippen molar-refractivity contribution in [2.45, 2.75) is 25.8 Å². The summed E-state index contributed by atoms with van der Waals surface area (Å²) in [5, 5.41) is 2.87. The fraction of sp³-hybridized carbons (Fsp3) is 0.353. The van der Waals surface area contributed by atoms with Crippen molar-refractivity contribution in [1.82, 2.24) is 15.3 Å². The summed E-state index contributed by atoms with van der Waals surface area (Å²) in [4.78, 5) is 32.9. The molecule has 2 aromatic rings. The van der Waals surface area contributed by atoms with Gasteiger partial charge in [-0.2, -0.15) is 0 Å². The second kappa shape index (κ2) is 7.23. The molecule has 1 saturated heterocycles. The largest absolute Gasteiger partial charge is 0.349 e. The van der Waals surface area contributed by atoms with Crippen LogP contribution < -0.4 is 15.8 Å². The molecule has 0 saturated carbocycles. The summed E-state index contributed by atoms with van der Waals surface area (Å²) in [6.07, 6.45) is 1.44. The summed E-state index contributed by atoms with van der Waals surface area (Å²) in [6.45, 7) is 3.11. The van der Waals surface area contributed by atoms with Crippen LogP contribution in [0.2, 0.25) is 5.02 Å². The predicted molar refractivity (Wildman–Crippen MR) is 93.7 cm³/mol. The summed E-state index contributed by atoms with van der Waals surface area (Å²) in [6, 6.07) is 5.36. The van der Waals surface area contributed by atoms with Crippen LogP contribution in [0.25, 0.3) is 0 Å². The van der Waals surface area contributed by atoms with Gasteiger partial charge in [0.15, 0.2) is 0 Å². The van der Waals surface area contributed by atoms with Gasteiger partial charge in [0.25, 0.3) is 11.5 Å². The lowest BCUT2D eigenvalue weighted by Crippen LogP contribution is -2.45. The lowest BCUT2D eigenvalue weighted by atomic mass is 10.0. The number of carbonyl (C=O) groups excluding carboxylic acids is 1. The molecular weight excluding hydrogens is 347 g/mol. The van der Waals surface area contributed by atoms with Gasteiger partial charge in [-0.05, 0) is 38.0 Å². The summed E-state index contributed by atoms with van der Waals surface area (Å²) in [7, 11) is 0. The Kier molecular flexibility index (Phi) is 5.03. The number of aromatic amines is 1. The van der Waals surface area contributed by atoms with E-state index in [1.165, 1.54) is 24.3 Å². The summed E-state index contributed by atoms with van der Waals surface area (Å²) in [5.41, 5.74) is 0.826. The highest BCUT2D eigenvalue weighted by molar-refractivity contribution is 6.31. The van der Waals surface area contributed by atoms with Crippen molar-refractivity contribution in [3.8, 4) is 0 Å². The van der Waals surface area contributed by atoms with Gasteiger partial charge in [-0.25, -0.2) is 9.37 Å². The number of hydrogen-bond donors (Lipinski definition) is 2. The summed E-state index contributed by atoms with van der Waals surface area (Å²) < 4.78 is 13.2. The molecule has 0 unspecified atom stereocenters. The number of piperidine rings is 1. The zero-order valence-electron chi connectivity index (χ0n) is 13.7. The van der Waals surface area contributed by atoms with Gasteiger partial charge >= 0.3 is 0 Å². The van der Waals surface area contributed by atoms with Crippen molar-refractivity contribution in [1.29, 1.82) is 0 Å². The molecule has 0 bridgehead atoms. The molecule has 0 aliphatic carbocycles. The van der Waals surface area contributed by atoms with E-state index in [0.717, 1.165) is 12.8 Å². The Bertz CT molecular complexity index is 847. The lowest BCUT2D eigenvalue weighted by molar-refractivity contribution is 0.0931. The number of rotatable bonds is 3. The zero-order valence-corrected chi connectivity index (χ0v) is 14.4. The van der Waals surface area contributed by atoms with Gasteiger partial charge in [0.1, 0.15) is 5.82 Å². The number of nitrogens with zero attached hydrogens (tertiary/aromatic N) is 2. The number of hydrogen-bond acceptors (Lipinski definition) is 4. The minimum Gasteiger partial charge on any atom is -0.349 e. The molecule has 0 radical (unpaired) electrons. The van der Waals surface area contributed by atoms with Crippen molar-refractivity contribution in [2.75, 3.05) is 18.0 Å². The Balaban J connectivity index is 1.59. The number of aromatic nitrogens is 2. The topological polar surface area (TPSA) is 78.1 Å². The smallest absolute Gasteiger partial charge is 0.252 e. The number of aryl methyl sites for hydroxylation is 1. The van der Waals surface area contributed by atoms with Crippen LogP contribution in [0.3, 0.4) is 0 Å². The van der Waals surface area contributed by atoms with E-state index in [9.17, 15) is 14.0 Å². The second-order valence-electron chi connectivity index (χ2n) is 6.07. The van der Waals surface area contributed by atoms with Crippen LogP contribution in [0.15, 0.2) is 29.1 Å². The third kappa shape index (κ3) is 4.17. The maximum absolute atomic E-state index is 13.2. The molecule has 25 heavy (non-hydrogen) atoms. The molecule has 3 rings (SSSR count). The second-order valence-corrected chi connectivity index (χ2v) is 6.48. The van der Waals surface area contributed by atoms with E-state index in [2.05, 4.69) is 15.3 Å². The fourth-order valence-corrected chi connectivity index (χ4v) is 3.04. The summed E-state index contributed by atoms with van der Waals surface area (Å²) >= 11 is 5.72. The van der Waals surface area contributed by atoms with E-state index in [4.69, 9.17) is 11.6 Å². The number of nitrogens with one attached hydrogen (secondary N) is 2. The Morgan fingerprint density at radius 3 is 2.72 bits per heavy atom. The van der Waals surface area contributed by atoms with Gasteiger partial charge in [-0.1, -0.05) is 11.6 Å². The summed E-state index contributed by atoms with van der Waals surface area (Å²) in [5.74, 6) is -0.270. The average Bonchev–Trinajstić information content (AvgIpc) is 2.57. The Labute approximate surface area is 149 Å². The lowest BCUT2D eigenvalue weighted by Gasteiger charge is -2.32. The van der Waals surface area contributed by atoms with Crippen LogP contribution in [-0.2, 0) is 0 Å². The van der Waals surface area contributed by atoms with Gasteiger partial charge in [0.2, 0.25) is 5.95 Å². The maximum Gasteiger partial charge on any atom is 0.252 e. The van der Waals surface area contributed by atoms with Gasteiger partial charge in [-0.3, -0.25) is 14.6 Å². The molecular formula is C17H18ClFN4O2. The number of amides is 1. The number of carbonyl (C=O) groups is 1. The first kappa shape index (κ1) is 17.4. The average molecular weight is 365 g/mol. The molecule has 6 nitrogen and oxygen atoms in total. The van der Waals surface area contributed by atoms with Crippen LogP contribution in [-0.4, -0.2) is 35.0 Å². The quantitative estimate of drug-likeness (QED) is 0.875. The first-order chi connectivity index (χ1) is 11.9. The van der Waals surface area contributed by atoms with Gasteiger partial charge in [0, 0.05) is 36.5 Å². The van der Waals surface area contributed by atoms with Crippen LogP contribution >= 0.6 is 11.6 Å². The molecule has 0 atom stereocenters. The van der Waals surface area contributed by atoms with Crippen molar-refractivity contribution in [3.05, 3.63) is 56.7 Å². The SMILES string of the molecule is Cc1cc(=O)[nH]c(N2CCC(NC(=O)c3ccc(F)c(Cl)c3)CC2)n1. The molecule has 0 spiro atoms. The third-order valence-corrected chi connectivity index (χ3v) is 4.46. The van der Waals surface area contributed by atoms with Crippen molar-refractivity contribution in [3.63, 3.8) is 0 Å². The zero-order chi connectivity index (χ0) is 18.0. The van der Waals surface area contributed by atoms with E-state index in [0.29, 0.717) is 30.3 Å². The molecule has 8 heteroatoms. The van der Waals surface area contributed by atoms with E-state index in [1.54, 1.807) is 6.92 Å². The van der Waals surface area contributed by atoms with Gasteiger partial charge < -0.3 is 10.2 Å². The molecule has 1 amide bonds. The number of benzene rings is 1. The number of H-pyrrole nitrogens is 1. The fourth-order valence-electron chi connectivity index (χ4n) is 2.85. The molecule has 1 aliphatic heterocycles. The van der Waals surface area contributed by atoms with Crippen LogP contribution in [0.4, 0.5) is 10.3 Å². The van der Waals surface area contributed by atoms with Crippen LogP contribution in [0.5, 0.6) is 0 Å². The Morgan fingerprint density at radius 1 is 1.36 bits per heavy atom. The van der Waals surface area contributed by atoms with Crippen LogP contribution in [0.1, 0.15) is 28.9 Å². The van der Waals surface area contributed by atoms with E-state index >= 15 is 0 Å². The van der Waals surface area contributed by atoms with E-state index < -0.39 is 5.82 Å². The van der Waals surface area contributed by atoms with Crippen molar-refractivity contribution in [2.24, 2.45) is 0 Å². The minimum absolute atomic E-state index is 0.00381. The van der Waals surface area contributed by atoms with Gasteiger partial charge in [-0.15, -0.1) is 0 Å². The maximum atomic E-state index is 13.2. The number of halogens is 2. The molecule has 1 aromatic carbocycles. The first-order valence-corrected chi connectivity index (χ1v) is 8.39. The van der Waals surface area contributed by atoms with Gasteiger partial charge in [0.05, 0.1) is 5.02 Å². The molecule has 1 aromatic heterocycles. The Morgan fingerprint density at radius 2 is 2.08 bits per heavy atom. The highest BCUT2D eigenvalue weighted by Gasteiger charge is 2.23. The molecule has 2 heterocycles. The molecule has 1 fully saturated rings. The minimum atomic E-state index is -0.550. The first-order valence-electron chi connectivity index (χ1n) is 8.01. The molecule has 132 valence electrons. The van der Waals surface area contributed by atoms with Crippen LogP contribution in [0, 0.1) is 12.7 Å². The van der Waals surface area contributed by atoms with E-state index in [-0.39, 0.29) is 22.5 Å². The van der Waals surface area contributed by atoms with Crippen molar-refractivity contribution < 1.29 is 9.18 Å². The normalized spacial score (nSPS) is 15.2. The predicted octanol–water partition coefficient (Wildman–Crippen LogP) is 2.27. The molecule has 1 aliphatic rings.